The van der Waals surface area contributed by atoms with Crippen molar-refractivity contribution in [3.05, 3.63) is 69.2 Å². The average molecular weight is 316 g/mol. The summed E-state index contributed by atoms with van der Waals surface area (Å²) in [6.07, 6.45) is 2.18. The fraction of sp³-hybridized carbons (Fsp3) is 0.294. The zero-order chi connectivity index (χ0) is 13.2. The number of benzene rings is 2. The Morgan fingerprint density at radius 2 is 2.05 bits per heavy atom. The molecule has 1 nitrogen and oxygen atoms in total. The van der Waals surface area contributed by atoms with Crippen LogP contribution in [0.15, 0.2) is 46.9 Å². The molecule has 0 bridgehead atoms. The van der Waals surface area contributed by atoms with Gasteiger partial charge in [-0.25, -0.2) is 0 Å². The maximum atomic E-state index is 3.66. The Kier molecular flexibility index (Phi) is 3.72. The van der Waals surface area contributed by atoms with Crippen LogP contribution in [0.3, 0.4) is 0 Å². The third-order valence-electron chi connectivity index (χ3n) is 3.84. The van der Waals surface area contributed by atoms with Gasteiger partial charge in [-0.05, 0) is 49.1 Å². The van der Waals surface area contributed by atoms with Crippen molar-refractivity contribution in [3.63, 3.8) is 0 Å². The summed E-state index contributed by atoms with van der Waals surface area (Å²) in [5.74, 6) is 0. The summed E-state index contributed by atoms with van der Waals surface area (Å²) in [6, 6.07) is 15.8. The molecule has 1 aliphatic heterocycles. The van der Waals surface area contributed by atoms with Gasteiger partial charge in [0.2, 0.25) is 0 Å². The first-order chi connectivity index (χ1) is 9.24. The van der Waals surface area contributed by atoms with Crippen molar-refractivity contribution in [3.8, 4) is 0 Å². The molecule has 1 heterocycles. The Bertz CT molecular complexity index is 592. The van der Waals surface area contributed by atoms with E-state index in [-0.39, 0.29) is 0 Å². The van der Waals surface area contributed by atoms with Gasteiger partial charge in [0.05, 0.1) is 0 Å². The van der Waals surface area contributed by atoms with Crippen LogP contribution in [-0.2, 0) is 12.8 Å². The largest absolute Gasteiger partial charge is 0.309 e. The first-order valence-corrected chi connectivity index (χ1v) is 7.59. The molecule has 0 amide bonds. The van der Waals surface area contributed by atoms with Crippen LogP contribution in [-0.4, -0.2) is 6.54 Å². The van der Waals surface area contributed by atoms with Crippen LogP contribution in [0.2, 0.25) is 0 Å². The summed E-state index contributed by atoms with van der Waals surface area (Å²) < 4.78 is 1.21. The van der Waals surface area contributed by atoms with Gasteiger partial charge in [-0.15, -0.1) is 0 Å². The van der Waals surface area contributed by atoms with E-state index in [2.05, 4.69) is 70.6 Å². The fourth-order valence-electron chi connectivity index (χ4n) is 2.82. The number of fused-ring (bicyclic) bond motifs is 1. The molecule has 0 saturated carbocycles. The average Bonchev–Trinajstić information content (AvgIpc) is 2.42. The SMILES string of the molecule is Cc1ccc2c(c1)C(Cc1ccccc1Br)NCC2. The van der Waals surface area contributed by atoms with Gasteiger partial charge in [-0.2, -0.15) is 0 Å². The summed E-state index contributed by atoms with van der Waals surface area (Å²) in [4.78, 5) is 0. The van der Waals surface area contributed by atoms with Gasteiger partial charge in [0, 0.05) is 10.5 Å². The lowest BCUT2D eigenvalue weighted by molar-refractivity contribution is 0.501. The van der Waals surface area contributed by atoms with E-state index in [4.69, 9.17) is 0 Å². The number of nitrogens with one attached hydrogen (secondary N) is 1. The van der Waals surface area contributed by atoms with Crippen LogP contribution >= 0.6 is 15.9 Å². The van der Waals surface area contributed by atoms with E-state index in [0.717, 1.165) is 19.4 Å². The third kappa shape index (κ3) is 2.75. The lowest BCUT2D eigenvalue weighted by atomic mass is 9.89. The monoisotopic (exact) mass is 315 g/mol. The highest BCUT2D eigenvalue weighted by Crippen LogP contribution is 2.29. The maximum Gasteiger partial charge on any atom is 0.0364 e. The lowest BCUT2D eigenvalue weighted by Gasteiger charge is -2.28. The molecule has 0 spiro atoms. The Morgan fingerprint density at radius 1 is 1.21 bits per heavy atom. The highest BCUT2D eigenvalue weighted by Gasteiger charge is 2.20. The van der Waals surface area contributed by atoms with Crippen molar-refractivity contribution >= 4 is 15.9 Å². The molecule has 2 aromatic rings. The van der Waals surface area contributed by atoms with Crippen molar-refractivity contribution in [1.29, 1.82) is 0 Å². The van der Waals surface area contributed by atoms with Gasteiger partial charge in [0.25, 0.3) is 0 Å². The second-order valence-corrected chi connectivity index (χ2v) is 6.11. The number of hydrogen-bond acceptors (Lipinski definition) is 1. The van der Waals surface area contributed by atoms with E-state index >= 15 is 0 Å². The van der Waals surface area contributed by atoms with Gasteiger partial charge < -0.3 is 5.32 Å². The summed E-state index contributed by atoms with van der Waals surface area (Å²) in [7, 11) is 0. The molecule has 3 rings (SSSR count). The molecule has 1 atom stereocenters. The molecule has 98 valence electrons. The molecule has 0 radical (unpaired) electrons. The van der Waals surface area contributed by atoms with Crippen LogP contribution in [0.4, 0.5) is 0 Å². The van der Waals surface area contributed by atoms with Crippen LogP contribution in [0.25, 0.3) is 0 Å². The second kappa shape index (κ2) is 5.48. The van der Waals surface area contributed by atoms with Crippen molar-refractivity contribution in [1.82, 2.24) is 5.32 Å². The smallest absolute Gasteiger partial charge is 0.0364 e. The minimum absolute atomic E-state index is 0.433. The molecular weight excluding hydrogens is 298 g/mol. The van der Waals surface area contributed by atoms with Gasteiger partial charge in [0.15, 0.2) is 0 Å². The van der Waals surface area contributed by atoms with Crippen LogP contribution in [0.5, 0.6) is 0 Å². The summed E-state index contributed by atoms with van der Waals surface area (Å²) in [5.41, 5.74) is 5.69. The summed E-state index contributed by atoms with van der Waals surface area (Å²) >= 11 is 3.65. The maximum absolute atomic E-state index is 3.66. The molecule has 2 aromatic carbocycles. The van der Waals surface area contributed by atoms with E-state index < -0.39 is 0 Å². The fourth-order valence-corrected chi connectivity index (χ4v) is 3.27. The standard InChI is InChI=1S/C17H18BrN/c1-12-6-7-13-8-9-19-17(15(13)10-12)11-14-4-2-3-5-16(14)18/h2-7,10,17,19H,8-9,11H2,1H3. The van der Waals surface area contributed by atoms with Crippen molar-refractivity contribution < 1.29 is 0 Å². The Hall–Kier alpha value is -1.12. The van der Waals surface area contributed by atoms with Crippen LogP contribution in [0, 0.1) is 6.92 Å². The first kappa shape index (κ1) is 12.9. The molecular formula is C17H18BrN. The van der Waals surface area contributed by atoms with E-state index in [1.54, 1.807) is 0 Å². The number of hydrogen-bond donors (Lipinski definition) is 1. The minimum atomic E-state index is 0.433. The Labute approximate surface area is 123 Å². The molecule has 1 N–H and O–H groups in total. The lowest BCUT2D eigenvalue weighted by Crippen LogP contribution is -2.31. The van der Waals surface area contributed by atoms with Crippen molar-refractivity contribution in [2.24, 2.45) is 0 Å². The van der Waals surface area contributed by atoms with Crippen molar-refractivity contribution in [2.75, 3.05) is 6.54 Å². The first-order valence-electron chi connectivity index (χ1n) is 6.80. The van der Waals surface area contributed by atoms with Crippen LogP contribution in [0.1, 0.15) is 28.3 Å². The second-order valence-electron chi connectivity index (χ2n) is 5.25. The van der Waals surface area contributed by atoms with Gasteiger partial charge in [0.1, 0.15) is 0 Å². The third-order valence-corrected chi connectivity index (χ3v) is 4.62. The highest BCUT2D eigenvalue weighted by molar-refractivity contribution is 9.10. The molecule has 2 heteroatoms. The number of rotatable bonds is 2. The van der Waals surface area contributed by atoms with Gasteiger partial charge >= 0.3 is 0 Å². The Balaban J connectivity index is 1.92. The van der Waals surface area contributed by atoms with E-state index in [1.807, 2.05) is 0 Å². The molecule has 0 aromatic heterocycles. The van der Waals surface area contributed by atoms with Crippen LogP contribution < -0.4 is 5.32 Å². The quantitative estimate of drug-likeness (QED) is 0.876. The molecule has 1 unspecified atom stereocenters. The molecule has 19 heavy (non-hydrogen) atoms. The predicted octanol–water partition coefficient (Wildman–Crippen LogP) is 4.19. The van der Waals surface area contributed by atoms with E-state index in [0.29, 0.717) is 6.04 Å². The zero-order valence-electron chi connectivity index (χ0n) is 11.1. The molecule has 1 aliphatic rings. The van der Waals surface area contributed by atoms with Gasteiger partial charge in [-0.3, -0.25) is 0 Å². The van der Waals surface area contributed by atoms with E-state index in [1.165, 1.54) is 26.7 Å². The number of halogens is 1. The zero-order valence-corrected chi connectivity index (χ0v) is 12.7. The normalized spacial score (nSPS) is 18.1. The Morgan fingerprint density at radius 3 is 2.89 bits per heavy atom. The highest BCUT2D eigenvalue weighted by atomic mass is 79.9. The summed E-state index contributed by atoms with van der Waals surface area (Å²) in [6.45, 7) is 3.25. The molecule has 0 aliphatic carbocycles. The van der Waals surface area contributed by atoms with Crippen molar-refractivity contribution in [2.45, 2.75) is 25.8 Å². The summed E-state index contributed by atoms with van der Waals surface area (Å²) in [5, 5.41) is 3.66. The molecule has 0 fully saturated rings. The number of aryl methyl sites for hydroxylation is 1. The minimum Gasteiger partial charge on any atom is -0.309 e. The van der Waals surface area contributed by atoms with E-state index in [9.17, 15) is 0 Å². The molecule has 0 saturated heterocycles. The van der Waals surface area contributed by atoms with Gasteiger partial charge in [-0.1, -0.05) is 57.9 Å². The topological polar surface area (TPSA) is 12.0 Å². The predicted molar refractivity (Wildman–Crippen MR) is 83.5 cm³/mol.